The summed E-state index contributed by atoms with van der Waals surface area (Å²) < 4.78 is 17.2. The van der Waals surface area contributed by atoms with E-state index in [-0.39, 0.29) is 11.8 Å². The molecule has 1 amide bonds. The molecule has 0 radical (unpaired) electrons. The number of piperidine rings is 1. The van der Waals surface area contributed by atoms with E-state index in [2.05, 4.69) is 15.2 Å². The second-order valence-electron chi connectivity index (χ2n) is 7.94. The molecule has 2 heterocycles. The minimum atomic E-state index is -0.0712. The van der Waals surface area contributed by atoms with Gasteiger partial charge in [0.15, 0.2) is 17.1 Å². The van der Waals surface area contributed by atoms with Crippen LogP contribution in [0.4, 0.5) is 6.01 Å². The molecule has 1 aliphatic heterocycles. The highest BCUT2D eigenvalue weighted by molar-refractivity contribution is 5.80. The minimum absolute atomic E-state index is 0.0712. The van der Waals surface area contributed by atoms with Crippen molar-refractivity contribution in [2.45, 2.75) is 33.1 Å². The predicted octanol–water partition coefficient (Wildman–Crippen LogP) is 4.20. The smallest absolute Gasteiger partial charge is 0.298 e. The maximum absolute atomic E-state index is 12.8. The van der Waals surface area contributed by atoms with Gasteiger partial charge in [-0.2, -0.15) is 4.98 Å². The van der Waals surface area contributed by atoms with Crippen molar-refractivity contribution in [1.82, 2.24) is 10.3 Å². The number of para-hydroxylation sites is 2. The van der Waals surface area contributed by atoms with Crippen LogP contribution in [0.5, 0.6) is 11.5 Å². The van der Waals surface area contributed by atoms with Crippen molar-refractivity contribution in [1.29, 1.82) is 0 Å². The van der Waals surface area contributed by atoms with Crippen LogP contribution in [0.2, 0.25) is 0 Å². The Kier molecular flexibility index (Phi) is 7.14. The highest BCUT2D eigenvalue weighted by Gasteiger charge is 2.28. The Hall–Kier alpha value is -3.22. The largest absolute Gasteiger partial charge is 0.490 e. The van der Waals surface area contributed by atoms with E-state index in [1.54, 1.807) is 0 Å². The van der Waals surface area contributed by atoms with Crippen LogP contribution < -0.4 is 19.7 Å². The van der Waals surface area contributed by atoms with E-state index >= 15 is 0 Å². The number of carbonyl (C=O) groups is 1. The summed E-state index contributed by atoms with van der Waals surface area (Å²) >= 11 is 0. The van der Waals surface area contributed by atoms with Crippen LogP contribution in [0.15, 0.2) is 46.9 Å². The Labute approximate surface area is 188 Å². The maximum Gasteiger partial charge on any atom is 0.298 e. The molecule has 170 valence electrons. The second kappa shape index (κ2) is 10.4. The Balaban J connectivity index is 1.31. The molecule has 0 bridgehead atoms. The number of benzene rings is 2. The van der Waals surface area contributed by atoms with Crippen LogP contribution in [-0.2, 0) is 11.2 Å². The Morgan fingerprint density at radius 2 is 1.97 bits per heavy atom. The lowest BCUT2D eigenvalue weighted by Gasteiger charge is -2.30. The first kappa shape index (κ1) is 22.0. The standard InChI is InChI=1S/C25H31N3O4/c1-3-30-22-12-11-18(16-23(22)31-4-2)13-14-26-24(29)19-8-7-15-28(17-19)25-27-20-9-5-6-10-21(20)32-25/h5-6,9-12,16,19H,3-4,7-8,13-15,17H2,1-2H3,(H,26,29). The van der Waals surface area contributed by atoms with Gasteiger partial charge in [0.2, 0.25) is 5.91 Å². The van der Waals surface area contributed by atoms with Gasteiger partial charge in [-0.1, -0.05) is 18.2 Å². The van der Waals surface area contributed by atoms with Gasteiger partial charge in [-0.25, -0.2) is 0 Å². The quantitative estimate of drug-likeness (QED) is 0.541. The van der Waals surface area contributed by atoms with E-state index in [1.165, 1.54) is 0 Å². The van der Waals surface area contributed by atoms with Gasteiger partial charge in [-0.15, -0.1) is 0 Å². The number of hydrogen-bond acceptors (Lipinski definition) is 6. The zero-order valence-electron chi connectivity index (χ0n) is 18.8. The topological polar surface area (TPSA) is 76.8 Å². The molecule has 32 heavy (non-hydrogen) atoms. The zero-order valence-corrected chi connectivity index (χ0v) is 18.8. The molecule has 1 unspecified atom stereocenters. The Morgan fingerprint density at radius 1 is 1.16 bits per heavy atom. The molecule has 7 heteroatoms. The third-order valence-corrected chi connectivity index (χ3v) is 5.67. The lowest BCUT2D eigenvalue weighted by molar-refractivity contribution is -0.125. The maximum atomic E-state index is 12.8. The molecule has 0 saturated carbocycles. The third-order valence-electron chi connectivity index (χ3n) is 5.67. The number of aromatic nitrogens is 1. The number of ether oxygens (including phenoxy) is 2. The second-order valence-corrected chi connectivity index (χ2v) is 7.94. The molecule has 1 fully saturated rings. The van der Waals surface area contributed by atoms with Crippen molar-refractivity contribution in [3.63, 3.8) is 0 Å². The first-order valence-electron chi connectivity index (χ1n) is 11.4. The number of rotatable bonds is 9. The van der Waals surface area contributed by atoms with Crippen LogP contribution >= 0.6 is 0 Å². The van der Waals surface area contributed by atoms with E-state index in [4.69, 9.17) is 13.9 Å². The summed E-state index contributed by atoms with van der Waals surface area (Å²) in [5.41, 5.74) is 2.72. The van der Waals surface area contributed by atoms with Gasteiger partial charge in [0, 0.05) is 19.6 Å². The van der Waals surface area contributed by atoms with Gasteiger partial charge < -0.3 is 24.1 Å². The first-order chi connectivity index (χ1) is 15.7. The van der Waals surface area contributed by atoms with Crippen LogP contribution in [0.1, 0.15) is 32.3 Å². The monoisotopic (exact) mass is 437 g/mol. The number of anilines is 1. The van der Waals surface area contributed by atoms with Gasteiger partial charge in [0.05, 0.1) is 19.1 Å². The fourth-order valence-corrected chi connectivity index (χ4v) is 4.09. The number of fused-ring (bicyclic) bond motifs is 1. The zero-order chi connectivity index (χ0) is 22.3. The van der Waals surface area contributed by atoms with Crippen LogP contribution in [0.3, 0.4) is 0 Å². The number of oxazole rings is 1. The van der Waals surface area contributed by atoms with Crippen molar-refractivity contribution in [2.75, 3.05) is 37.7 Å². The van der Waals surface area contributed by atoms with Crippen molar-refractivity contribution >= 4 is 23.0 Å². The summed E-state index contributed by atoms with van der Waals surface area (Å²) in [6.45, 7) is 7.14. The average molecular weight is 438 g/mol. The fraction of sp³-hybridized carbons (Fsp3) is 0.440. The van der Waals surface area contributed by atoms with Gasteiger partial charge in [0.25, 0.3) is 6.01 Å². The van der Waals surface area contributed by atoms with Crippen LogP contribution in [0, 0.1) is 5.92 Å². The Bertz CT molecular complexity index is 1020. The van der Waals surface area contributed by atoms with E-state index in [0.717, 1.165) is 54.0 Å². The normalized spacial score (nSPS) is 16.2. The number of amides is 1. The molecule has 1 N–H and O–H groups in total. The van der Waals surface area contributed by atoms with Gasteiger partial charge in [-0.3, -0.25) is 4.79 Å². The molecule has 1 aromatic heterocycles. The summed E-state index contributed by atoms with van der Waals surface area (Å²) in [5, 5.41) is 3.10. The van der Waals surface area contributed by atoms with Crippen LogP contribution in [0.25, 0.3) is 11.1 Å². The highest BCUT2D eigenvalue weighted by Crippen LogP contribution is 2.29. The Morgan fingerprint density at radius 3 is 2.78 bits per heavy atom. The molecular formula is C25H31N3O4. The number of nitrogens with zero attached hydrogens (tertiary/aromatic N) is 2. The first-order valence-corrected chi connectivity index (χ1v) is 11.4. The SMILES string of the molecule is CCOc1ccc(CCNC(=O)C2CCCN(c3nc4ccccc4o3)C2)cc1OCC. The number of hydrogen-bond donors (Lipinski definition) is 1. The summed E-state index contributed by atoms with van der Waals surface area (Å²) in [4.78, 5) is 19.5. The molecular weight excluding hydrogens is 406 g/mol. The van der Waals surface area contributed by atoms with Gasteiger partial charge in [0.1, 0.15) is 5.52 Å². The summed E-state index contributed by atoms with van der Waals surface area (Å²) in [7, 11) is 0. The molecule has 3 aromatic rings. The highest BCUT2D eigenvalue weighted by atomic mass is 16.5. The van der Waals surface area contributed by atoms with E-state index in [1.807, 2.05) is 56.3 Å². The fourth-order valence-electron chi connectivity index (χ4n) is 4.09. The summed E-state index contributed by atoms with van der Waals surface area (Å²) in [6.07, 6.45) is 2.55. The molecule has 0 aliphatic carbocycles. The van der Waals surface area contributed by atoms with E-state index in [0.29, 0.717) is 32.3 Å². The van der Waals surface area contributed by atoms with Crippen molar-refractivity contribution in [3.8, 4) is 11.5 Å². The molecule has 0 spiro atoms. The van der Waals surface area contributed by atoms with Crippen molar-refractivity contribution in [3.05, 3.63) is 48.0 Å². The lowest BCUT2D eigenvalue weighted by Crippen LogP contribution is -2.43. The predicted molar refractivity (Wildman–Crippen MR) is 124 cm³/mol. The molecule has 1 saturated heterocycles. The lowest BCUT2D eigenvalue weighted by atomic mass is 9.97. The van der Waals surface area contributed by atoms with E-state index in [9.17, 15) is 4.79 Å². The number of nitrogens with one attached hydrogen (secondary N) is 1. The number of carbonyl (C=O) groups excluding carboxylic acids is 1. The molecule has 1 atom stereocenters. The summed E-state index contributed by atoms with van der Waals surface area (Å²) in [6, 6.07) is 14.3. The molecule has 1 aliphatic rings. The van der Waals surface area contributed by atoms with E-state index < -0.39 is 0 Å². The van der Waals surface area contributed by atoms with Gasteiger partial charge >= 0.3 is 0 Å². The third kappa shape index (κ3) is 5.15. The molecule has 4 rings (SSSR count). The molecule has 2 aromatic carbocycles. The minimum Gasteiger partial charge on any atom is -0.490 e. The van der Waals surface area contributed by atoms with Crippen molar-refractivity contribution < 1.29 is 18.7 Å². The summed E-state index contributed by atoms with van der Waals surface area (Å²) in [5.74, 6) is 1.52. The van der Waals surface area contributed by atoms with Crippen LogP contribution in [-0.4, -0.2) is 43.7 Å². The average Bonchev–Trinajstić information content (AvgIpc) is 3.25. The molecule has 7 nitrogen and oxygen atoms in total. The van der Waals surface area contributed by atoms with Gasteiger partial charge in [-0.05, 0) is 62.9 Å². The van der Waals surface area contributed by atoms with Crippen molar-refractivity contribution in [2.24, 2.45) is 5.92 Å².